The topological polar surface area (TPSA) is 54.9 Å². The third-order valence-electron chi connectivity index (χ3n) is 2.82. The van der Waals surface area contributed by atoms with Crippen molar-refractivity contribution < 1.29 is 4.39 Å². The molecule has 1 heterocycles. The van der Waals surface area contributed by atoms with E-state index in [2.05, 4.69) is 4.98 Å². The molecule has 0 aliphatic rings. The van der Waals surface area contributed by atoms with Gasteiger partial charge in [0.2, 0.25) is 0 Å². The molecule has 106 valence electrons. The van der Waals surface area contributed by atoms with E-state index in [4.69, 9.17) is 11.6 Å². The van der Waals surface area contributed by atoms with Crippen LogP contribution in [0.25, 0.3) is 11.1 Å². The van der Waals surface area contributed by atoms with E-state index >= 15 is 0 Å². The maximum Gasteiger partial charge on any atom is 0.328 e. The molecule has 0 amide bonds. The predicted molar refractivity (Wildman–Crippen MR) is 80.1 cm³/mol. The number of nitrogens with zero attached hydrogens (tertiary/aromatic N) is 1. The molecular weight excluding hydrogens is 303 g/mol. The lowest BCUT2D eigenvalue weighted by molar-refractivity contribution is 0.628. The summed E-state index contributed by atoms with van der Waals surface area (Å²) in [4.78, 5) is 26.5. The largest absolute Gasteiger partial charge is 0.328 e. The van der Waals surface area contributed by atoms with Gasteiger partial charge in [-0.15, -0.1) is 0 Å². The normalized spacial score (nSPS) is 10.8. The zero-order chi connectivity index (χ0) is 14.7. The Bertz CT molecular complexity index is 742. The van der Waals surface area contributed by atoms with Gasteiger partial charge in [-0.1, -0.05) is 23.7 Å². The maximum atomic E-state index is 13.5. The van der Waals surface area contributed by atoms with Crippen LogP contribution in [0.5, 0.6) is 0 Å². The van der Waals surface area contributed by atoms with Gasteiger partial charge in [-0.25, -0.2) is 9.18 Å². The van der Waals surface area contributed by atoms with E-state index in [0.29, 0.717) is 5.75 Å². The van der Waals surface area contributed by atoms with Gasteiger partial charge in [0.15, 0.2) is 0 Å². The minimum atomic E-state index is -0.606. The Morgan fingerprint density at radius 3 is 2.80 bits per heavy atom. The molecule has 1 aromatic carbocycles. The van der Waals surface area contributed by atoms with Crippen LogP contribution in [0.1, 0.15) is 0 Å². The molecule has 0 atom stereocenters. The van der Waals surface area contributed by atoms with Crippen molar-refractivity contribution in [2.75, 3.05) is 12.0 Å². The van der Waals surface area contributed by atoms with Gasteiger partial charge >= 0.3 is 5.69 Å². The number of thioether (sulfide) groups is 1. The van der Waals surface area contributed by atoms with Gasteiger partial charge < -0.3 is 4.98 Å². The van der Waals surface area contributed by atoms with Crippen molar-refractivity contribution in [3.05, 3.63) is 56.1 Å². The lowest BCUT2D eigenvalue weighted by Gasteiger charge is -2.08. The molecule has 0 saturated carbocycles. The third kappa shape index (κ3) is 2.81. The number of rotatable bonds is 4. The number of halogens is 2. The van der Waals surface area contributed by atoms with Crippen molar-refractivity contribution >= 4 is 23.4 Å². The van der Waals surface area contributed by atoms with Crippen LogP contribution in [0.4, 0.5) is 4.39 Å². The summed E-state index contributed by atoms with van der Waals surface area (Å²) in [6.45, 7) is 0.288. The number of H-pyrrole nitrogens is 1. The molecule has 0 fully saturated rings. The van der Waals surface area contributed by atoms with Crippen molar-refractivity contribution in [1.82, 2.24) is 9.55 Å². The lowest BCUT2D eigenvalue weighted by Crippen LogP contribution is -2.36. The first-order chi connectivity index (χ1) is 9.56. The van der Waals surface area contributed by atoms with Gasteiger partial charge in [-0.2, -0.15) is 11.8 Å². The average molecular weight is 315 g/mol. The molecule has 4 nitrogen and oxygen atoms in total. The van der Waals surface area contributed by atoms with E-state index in [9.17, 15) is 14.0 Å². The molecule has 0 radical (unpaired) electrons. The first-order valence-corrected chi connectivity index (χ1v) is 7.59. The minimum absolute atomic E-state index is 0.131. The highest BCUT2D eigenvalue weighted by molar-refractivity contribution is 7.98. The van der Waals surface area contributed by atoms with Crippen LogP contribution in [-0.4, -0.2) is 21.6 Å². The second-order valence-corrected chi connectivity index (χ2v) is 5.42. The van der Waals surface area contributed by atoms with Crippen molar-refractivity contribution in [2.24, 2.45) is 0 Å². The third-order valence-corrected chi connectivity index (χ3v) is 3.80. The van der Waals surface area contributed by atoms with Crippen molar-refractivity contribution in [1.29, 1.82) is 0 Å². The molecule has 2 rings (SSSR count). The summed E-state index contributed by atoms with van der Waals surface area (Å²) in [6.07, 6.45) is 3.15. The molecule has 7 heteroatoms. The highest BCUT2D eigenvalue weighted by Crippen LogP contribution is 2.27. The summed E-state index contributed by atoms with van der Waals surface area (Å²) >= 11 is 7.40. The van der Waals surface area contributed by atoms with Crippen molar-refractivity contribution in [3.8, 4) is 11.1 Å². The maximum absolute atomic E-state index is 13.5. The highest BCUT2D eigenvalue weighted by atomic mass is 35.5. The molecular formula is C13H12ClFN2O2S. The summed E-state index contributed by atoms with van der Waals surface area (Å²) in [5, 5.41) is -0.131. The zero-order valence-electron chi connectivity index (χ0n) is 10.7. The number of benzene rings is 1. The summed E-state index contributed by atoms with van der Waals surface area (Å²) < 4.78 is 14.6. The number of aromatic amines is 1. The first-order valence-electron chi connectivity index (χ1n) is 5.82. The molecule has 1 N–H and O–H groups in total. The van der Waals surface area contributed by atoms with E-state index < -0.39 is 17.1 Å². The monoisotopic (exact) mass is 314 g/mol. The Hall–Kier alpha value is -1.53. The molecule has 1 aromatic heterocycles. The van der Waals surface area contributed by atoms with Gasteiger partial charge in [-0.05, 0) is 12.3 Å². The van der Waals surface area contributed by atoms with Crippen LogP contribution in [0.3, 0.4) is 0 Å². The molecule has 0 spiro atoms. The number of aromatic nitrogens is 2. The Labute approximate surface area is 123 Å². The molecule has 2 aromatic rings. The van der Waals surface area contributed by atoms with Gasteiger partial charge in [-0.3, -0.25) is 9.36 Å². The summed E-state index contributed by atoms with van der Waals surface area (Å²) in [5.74, 6) is 0.0222. The minimum Gasteiger partial charge on any atom is -0.313 e. The molecule has 20 heavy (non-hydrogen) atoms. The molecule has 0 unspecified atom stereocenters. The Morgan fingerprint density at radius 1 is 1.35 bits per heavy atom. The van der Waals surface area contributed by atoms with Crippen LogP contribution in [0.2, 0.25) is 5.02 Å². The molecule has 0 aliphatic heterocycles. The van der Waals surface area contributed by atoms with Crippen LogP contribution in [-0.2, 0) is 6.54 Å². The fourth-order valence-corrected chi connectivity index (χ4v) is 2.39. The van der Waals surface area contributed by atoms with Crippen molar-refractivity contribution in [2.45, 2.75) is 6.54 Å². The van der Waals surface area contributed by atoms with Crippen LogP contribution in [0, 0.1) is 5.82 Å². The highest BCUT2D eigenvalue weighted by Gasteiger charge is 2.14. The SMILES string of the molecule is CSCCn1c(=O)[nH]cc(-c2cccc(F)c2Cl)c1=O. The van der Waals surface area contributed by atoms with Crippen LogP contribution < -0.4 is 11.2 Å². The van der Waals surface area contributed by atoms with Crippen molar-refractivity contribution in [3.63, 3.8) is 0 Å². The quantitative estimate of drug-likeness (QED) is 0.942. The number of hydrogen-bond acceptors (Lipinski definition) is 3. The Morgan fingerprint density at radius 2 is 2.10 bits per heavy atom. The zero-order valence-corrected chi connectivity index (χ0v) is 12.2. The second-order valence-electron chi connectivity index (χ2n) is 4.06. The molecule has 0 saturated heterocycles. The number of nitrogens with one attached hydrogen (secondary N) is 1. The second kappa shape index (κ2) is 6.28. The summed E-state index contributed by atoms with van der Waals surface area (Å²) in [5.41, 5.74) is -0.517. The summed E-state index contributed by atoms with van der Waals surface area (Å²) in [7, 11) is 0. The van der Waals surface area contributed by atoms with Gasteiger partial charge in [0.1, 0.15) is 5.82 Å². The molecule has 0 aliphatic carbocycles. The lowest BCUT2D eigenvalue weighted by atomic mass is 10.1. The van der Waals surface area contributed by atoms with Crippen LogP contribution >= 0.6 is 23.4 Å². The predicted octanol–water partition coefficient (Wildman–Crippen LogP) is 2.36. The Kier molecular flexibility index (Phi) is 4.67. The number of hydrogen-bond donors (Lipinski definition) is 1. The van der Waals surface area contributed by atoms with Gasteiger partial charge in [0.05, 0.1) is 10.6 Å². The Balaban J connectivity index is 2.61. The van der Waals surface area contributed by atoms with Gasteiger partial charge in [0.25, 0.3) is 5.56 Å². The molecule has 0 bridgehead atoms. The standard InChI is InChI=1S/C13H12ClFN2O2S/c1-20-6-5-17-12(18)9(7-16-13(17)19)8-3-2-4-10(15)11(8)14/h2-4,7H,5-6H2,1H3,(H,16,19). The van der Waals surface area contributed by atoms with E-state index in [1.165, 1.54) is 30.1 Å². The smallest absolute Gasteiger partial charge is 0.313 e. The first kappa shape index (κ1) is 14.9. The van der Waals surface area contributed by atoms with E-state index in [-0.39, 0.29) is 22.7 Å². The fourth-order valence-electron chi connectivity index (χ4n) is 1.80. The van der Waals surface area contributed by atoms with Gasteiger partial charge in [0, 0.05) is 24.1 Å². The van der Waals surface area contributed by atoms with Crippen LogP contribution in [0.15, 0.2) is 34.0 Å². The van der Waals surface area contributed by atoms with E-state index in [1.807, 2.05) is 6.26 Å². The average Bonchev–Trinajstić information content (AvgIpc) is 2.43. The fraction of sp³-hybridized carbons (Fsp3) is 0.231. The van der Waals surface area contributed by atoms with E-state index in [1.54, 1.807) is 6.07 Å². The van der Waals surface area contributed by atoms with E-state index in [0.717, 1.165) is 4.57 Å². The summed E-state index contributed by atoms with van der Waals surface area (Å²) in [6, 6.07) is 4.22.